The predicted molar refractivity (Wildman–Crippen MR) is 100 cm³/mol. The molecule has 0 saturated heterocycles. The van der Waals surface area contributed by atoms with Gasteiger partial charge in [-0.05, 0) is 38.3 Å². The van der Waals surface area contributed by atoms with Gasteiger partial charge in [0.05, 0.1) is 24.2 Å². The van der Waals surface area contributed by atoms with E-state index in [1.54, 1.807) is 12.3 Å². The number of hydrogen-bond donors (Lipinski definition) is 2. The van der Waals surface area contributed by atoms with E-state index in [9.17, 15) is 4.79 Å². The van der Waals surface area contributed by atoms with Gasteiger partial charge in [0.1, 0.15) is 17.3 Å². The molecule has 0 spiro atoms. The Morgan fingerprint density at radius 3 is 2.52 bits per heavy atom. The molecule has 0 saturated carbocycles. The van der Waals surface area contributed by atoms with Crippen LogP contribution in [0.25, 0.3) is 0 Å². The summed E-state index contributed by atoms with van der Waals surface area (Å²) in [6.45, 7) is 9.05. The van der Waals surface area contributed by atoms with E-state index in [1.165, 1.54) is 6.20 Å². The highest BCUT2D eigenvalue weighted by Gasteiger charge is 2.12. The molecule has 1 amide bonds. The topological polar surface area (TPSA) is 76.1 Å². The Morgan fingerprint density at radius 1 is 1.12 bits per heavy atom. The lowest BCUT2D eigenvalue weighted by molar-refractivity contribution is 0.102. The van der Waals surface area contributed by atoms with Crippen molar-refractivity contribution >= 4 is 17.4 Å². The van der Waals surface area contributed by atoms with Crippen LogP contribution in [0.2, 0.25) is 0 Å². The summed E-state index contributed by atoms with van der Waals surface area (Å²) in [7, 11) is 0. The van der Waals surface area contributed by atoms with E-state index in [2.05, 4.69) is 34.4 Å². The summed E-state index contributed by atoms with van der Waals surface area (Å²) < 4.78 is 5.70. The summed E-state index contributed by atoms with van der Waals surface area (Å²) in [6, 6.07) is 7.33. The smallest absolute Gasteiger partial charge is 0.275 e. The molecule has 0 unspecified atom stereocenters. The number of carbonyl (C=O) groups excluding carboxylic acids is 1. The van der Waals surface area contributed by atoms with E-state index in [0.717, 1.165) is 13.0 Å². The molecular formula is C19H26N4O2. The summed E-state index contributed by atoms with van der Waals surface area (Å²) in [5.41, 5.74) is 0.871. The number of nitrogens with zero attached hydrogens (tertiary/aromatic N) is 2. The van der Waals surface area contributed by atoms with Crippen LogP contribution in [-0.2, 0) is 0 Å². The highest BCUT2D eigenvalue weighted by atomic mass is 16.5. The van der Waals surface area contributed by atoms with Gasteiger partial charge in [0.25, 0.3) is 5.91 Å². The third-order valence-corrected chi connectivity index (χ3v) is 3.41. The highest BCUT2D eigenvalue weighted by molar-refractivity contribution is 6.03. The number of rotatable bonds is 8. The molecule has 2 N–H and O–H groups in total. The second-order valence-electron chi connectivity index (χ2n) is 6.51. The standard InChI is InChI=1S/C19H26N4O2/c1-13(2)9-10-20-18-12-21-16(11-22-18)19(24)23-15-7-5-6-8-17(15)25-14(3)4/h5-8,11-14H,9-10H2,1-4H3,(H,20,22)(H,23,24). The molecule has 0 atom stereocenters. The lowest BCUT2D eigenvalue weighted by Crippen LogP contribution is -2.16. The number of anilines is 2. The molecule has 25 heavy (non-hydrogen) atoms. The maximum absolute atomic E-state index is 12.4. The molecule has 2 rings (SSSR count). The minimum absolute atomic E-state index is 0.0223. The van der Waals surface area contributed by atoms with Crippen molar-refractivity contribution in [1.29, 1.82) is 0 Å². The molecule has 1 aromatic heterocycles. The van der Waals surface area contributed by atoms with Crippen LogP contribution in [0.15, 0.2) is 36.7 Å². The fourth-order valence-electron chi connectivity index (χ4n) is 2.14. The van der Waals surface area contributed by atoms with E-state index < -0.39 is 0 Å². The van der Waals surface area contributed by atoms with Gasteiger partial charge in [0, 0.05) is 6.54 Å². The van der Waals surface area contributed by atoms with Crippen LogP contribution >= 0.6 is 0 Å². The van der Waals surface area contributed by atoms with Gasteiger partial charge in [-0.1, -0.05) is 26.0 Å². The molecule has 0 bridgehead atoms. The Hall–Kier alpha value is -2.63. The normalized spacial score (nSPS) is 10.8. The zero-order chi connectivity index (χ0) is 18.2. The first-order valence-corrected chi connectivity index (χ1v) is 8.58. The number of benzene rings is 1. The van der Waals surface area contributed by atoms with Crippen molar-refractivity contribution in [2.24, 2.45) is 5.92 Å². The van der Waals surface area contributed by atoms with E-state index in [0.29, 0.717) is 23.2 Å². The molecule has 0 fully saturated rings. The van der Waals surface area contributed by atoms with Crippen molar-refractivity contribution in [1.82, 2.24) is 9.97 Å². The molecule has 1 heterocycles. The third-order valence-electron chi connectivity index (χ3n) is 3.41. The number of amides is 1. The number of hydrogen-bond acceptors (Lipinski definition) is 5. The Balaban J connectivity index is 1.99. The van der Waals surface area contributed by atoms with Crippen LogP contribution in [0.5, 0.6) is 5.75 Å². The van der Waals surface area contributed by atoms with Gasteiger partial charge >= 0.3 is 0 Å². The summed E-state index contributed by atoms with van der Waals surface area (Å²) in [5, 5.41) is 6.02. The molecule has 0 aliphatic carbocycles. The maximum Gasteiger partial charge on any atom is 0.275 e. The number of nitrogens with one attached hydrogen (secondary N) is 2. The van der Waals surface area contributed by atoms with Crippen molar-refractivity contribution in [3.63, 3.8) is 0 Å². The maximum atomic E-state index is 12.4. The first-order valence-electron chi connectivity index (χ1n) is 8.58. The molecule has 1 aromatic carbocycles. The van der Waals surface area contributed by atoms with Crippen LogP contribution in [0.4, 0.5) is 11.5 Å². The fourth-order valence-corrected chi connectivity index (χ4v) is 2.14. The van der Waals surface area contributed by atoms with Gasteiger partial charge in [-0.15, -0.1) is 0 Å². The third kappa shape index (κ3) is 6.06. The molecule has 6 nitrogen and oxygen atoms in total. The molecule has 0 radical (unpaired) electrons. The largest absolute Gasteiger partial charge is 0.489 e. The molecule has 0 aliphatic rings. The monoisotopic (exact) mass is 342 g/mol. The minimum atomic E-state index is -0.318. The summed E-state index contributed by atoms with van der Waals surface area (Å²) in [6.07, 6.45) is 4.12. The number of carbonyl (C=O) groups is 1. The molecule has 2 aromatic rings. The average molecular weight is 342 g/mol. The van der Waals surface area contributed by atoms with Crippen molar-refractivity contribution in [2.75, 3.05) is 17.2 Å². The van der Waals surface area contributed by atoms with Crippen LogP contribution in [0.1, 0.15) is 44.6 Å². The quantitative estimate of drug-likeness (QED) is 0.759. The average Bonchev–Trinajstić information content (AvgIpc) is 2.56. The Bertz CT molecular complexity index is 684. The van der Waals surface area contributed by atoms with E-state index >= 15 is 0 Å². The van der Waals surface area contributed by atoms with Gasteiger partial charge in [-0.25, -0.2) is 9.97 Å². The van der Waals surface area contributed by atoms with Crippen molar-refractivity contribution in [2.45, 2.75) is 40.2 Å². The highest BCUT2D eigenvalue weighted by Crippen LogP contribution is 2.25. The van der Waals surface area contributed by atoms with Crippen molar-refractivity contribution in [3.8, 4) is 5.75 Å². The summed E-state index contributed by atoms with van der Waals surface area (Å²) in [4.78, 5) is 20.8. The summed E-state index contributed by atoms with van der Waals surface area (Å²) in [5.74, 6) is 1.60. The second kappa shape index (κ2) is 9.01. The molecular weight excluding hydrogens is 316 g/mol. The first-order chi connectivity index (χ1) is 12.0. The Labute approximate surface area is 149 Å². The van der Waals surface area contributed by atoms with Gasteiger partial charge in [0.2, 0.25) is 0 Å². The van der Waals surface area contributed by atoms with E-state index in [1.807, 2.05) is 32.0 Å². The lowest BCUT2D eigenvalue weighted by atomic mass is 10.1. The zero-order valence-electron chi connectivity index (χ0n) is 15.2. The lowest BCUT2D eigenvalue weighted by Gasteiger charge is -2.14. The van der Waals surface area contributed by atoms with Crippen LogP contribution in [0, 0.1) is 5.92 Å². The van der Waals surface area contributed by atoms with Gasteiger partial charge < -0.3 is 15.4 Å². The van der Waals surface area contributed by atoms with Gasteiger partial charge in [0.15, 0.2) is 0 Å². The van der Waals surface area contributed by atoms with Crippen LogP contribution < -0.4 is 15.4 Å². The first kappa shape index (κ1) is 18.7. The van der Waals surface area contributed by atoms with Crippen molar-refractivity contribution < 1.29 is 9.53 Å². The number of para-hydroxylation sites is 2. The predicted octanol–water partition coefficient (Wildman–Crippen LogP) is 3.97. The second-order valence-corrected chi connectivity index (χ2v) is 6.51. The SMILES string of the molecule is CC(C)CCNc1cnc(C(=O)Nc2ccccc2OC(C)C)cn1. The van der Waals surface area contributed by atoms with Gasteiger partial charge in [-0.2, -0.15) is 0 Å². The van der Waals surface area contributed by atoms with E-state index in [-0.39, 0.29) is 17.7 Å². The van der Waals surface area contributed by atoms with Gasteiger partial charge in [-0.3, -0.25) is 4.79 Å². The Kier molecular flexibility index (Phi) is 6.74. The molecule has 0 aliphatic heterocycles. The molecule has 134 valence electrons. The number of aromatic nitrogens is 2. The Morgan fingerprint density at radius 2 is 1.88 bits per heavy atom. The fraction of sp³-hybridized carbons (Fsp3) is 0.421. The van der Waals surface area contributed by atoms with Crippen LogP contribution in [0.3, 0.4) is 0 Å². The minimum Gasteiger partial charge on any atom is -0.489 e. The van der Waals surface area contributed by atoms with E-state index in [4.69, 9.17) is 4.74 Å². The zero-order valence-corrected chi connectivity index (χ0v) is 15.2. The molecule has 6 heteroatoms. The van der Waals surface area contributed by atoms with Crippen LogP contribution in [-0.4, -0.2) is 28.5 Å². The summed E-state index contributed by atoms with van der Waals surface area (Å²) >= 11 is 0. The van der Waals surface area contributed by atoms with Crippen molar-refractivity contribution in [3.05, 3.63) is 42.4 Å². The number of ether oxygens (including phenoxy) is 1.